The van der Waals surface area contributed by atoms with Gasteiger partial charge in [0.05, 0.1) is 0 Å². The second-order valence-electron chi connectivity index (χ2n) is 7.15. The minimum absolute atomic E-state index is 0.233. The number of carbonyl (C=O) groups is 1. The zero-order chi connectivity index (χ0) is 16.4. The molecule has 0 N–H and O–H groups in total. The summed E-state index contributed by atoms with van der Waals surface area (Å²) in [5, 5.41) is 0. The van der Waals surface area contributed by atoms with Crippen molar-refractivity contribution < 1.29 is 17.8 Å². The minimum atomic E-state index is -2.21. The van der Waals surface area contributed by atoms with Crippen molar-refractivity contribution in [1.29, 1.82) is 0 Å². The molecule has 0 aliphatic rings. The fraction of sp³-hybridized carbons (Fsp3) is 0.769. The molecule has 0 amide bonds. The van der Waals surface area contributed by atoms with Crippen LogP contribution in [0.1, 0.15) is 13.8 Å². The van der Waals surface area contributed by atoms with Gasteiger partial charge in [0.1, 0.15) is 5.73 Å². The third-order valence-corrected chi connectivity index (χ3v) is 13.2. The number of hydrogen-bond donors (Lipinski definition) is 0. The molecule has 0 bridgehead atoms. The van der Waals surface area contributed by atoms with E-state index in [1.54, 1.807) is 6.92 Å². The van der Waals surface area contributed by atoms with Crippen LogP contribution in [0.5, 0.6) is 0 Å². The largest absolute Gasteiger partial charge is 0.460 e. The molecule has 0 saturated carbocycles. The van der Waals surface area contributed by atoms with E-state index in [2.05, 4.69) is 52.4 Å². The highest BCUT2D eigenvalue weighted by Gasteiger charge is 2.42. The molecule has 0 fully saturated rings. The molecule has 0 heterocycles. The van der Waals surface area contributed by atoms with Crippen molar-refractivity contribution >= 4 is 31.2 Å². The predicted molar refractivity (Wildman–Crippen MR) is 90.8 cm³/mol. The summed E-state index contributed by atoms with van der Waals surface area (Å²) in [7, 11) is -6.02. The first-order valence-corrected chi connectivity index (χ1v) is 16.1. The van der Waals surface area contributed by atoms with Gasteiger partial charge in [0.2, 0.25) is 8.32 Å². The van der Waals surface area contributed by atoms with Crippen LogP contribution in [0.3, 0.4) is 0 Å². The summed E-state index contributed by atoms with van der Waals surface area (Å²) >= 11 is 0. The van der Waals surface area contributed by atoms with Crippen LogP contribution in [0, 0.1) is 0 Å². The SMILES string of the molecule is C=C(C)C(=O)OC(C)[Si](C)(C)O[Si](C)(C)O[Si](C)(C)C. The molecule has 7 heteroatoms. The average Bonchev–Trinajstić information content (AvgIpc) is 2.10. The first-order valence-electron chi connectivity index (χ1n) is 6.93. The summed E-state index contributed by atoms with van der Waals surface area (Å²) in [6.45, 7) is 21.9. The molecular weight excluding hydrogens is 304 g/mol. The molecule has 0 radical (unpaired) electrons. The maximum absolute atomic E-state index is 11.6. The molecule has 0 aliphatic carbocycles. The van der Waals surface area contributed by atoms with E-state index in [9.17, 15) is 4.79 Å². The smallest absolute Gasteiger partial charge is 0.333 e. The van der Waals surface area contributed by atoms with E-state index in [-0.39, 0.29) is 11.7 Å². The fourth-order valence-corrected chi connectivity index (χ4v) is 14.4. The van der Waals surface area contributed by atoms with E-state index in [4.69, 9.17) is 13.0 Å². The Morgan fingerprint density at radius 3 is 1.80 bits per heavy atom. The number of hydrogen-bond acceptors (Lipinski definition) is 4. The van der Waals surface area contributed by atoms with Crippen LogP contribution >= 0.6 is 0 Å². The highest BCUT2D eigenvalue weighted by Crippen LogP contribution is 2.23. The van der Waals surface area contributed by atoms with Crippen molar-refractivity contribution in [2.24, 2.45) is 0 Å². The van der Waals surface area contributed by atoms with Crippen LogP contribution in [-0.4, -0.2) is 36.9 Å². The summed E-state index contributed by atoms with van der Waals surface area (Å²) in [4.78, 5) is 11.6. The van der Waals surface area contributed by atoms with Crippen LogP contribution < -0.4 is 0 Å². The monoisotopic (exact) mass is 334 g/mol. The topological polar surface area (TPSA) is 44.8 Å². The van der Waals surface area contributed by atoms with Gasteiger partial charge in [0.25, 0.3) is 0 Å². The molecule has 4 nitrogen and oxygen atoms in total. The first kappa shape index (κ1) is 19.8. The Labute approximate surface area is 127 Å². The van der Waals surface area contributed by atoms with Gasteiger partial charge in [-0.15, -0.1) is 0 Å². The van der Waals surface area contributed by atoms with Crippen LogP contribution in [0.15, 0.2) is 12.2 Å². The lowest BCUT2D eigenvalue weighted by Crippen LogP contribution is -2.56. The Bertz CT molecular complexity index is 372. The van der Waals surface area contributed by atoms with Crippen LogP contribution in [-0.2, 0) is 17.8 Å². The van der Waals surface area contributed by atoms with Gasteiger partial charge < -0.3 is 13.0 Å². The molecule has 1 unspecified atom stereocenters. The van der Waals surface area contributed by atoms with Gasteiger partial charge in [-0.1, -0.05) is 6.58 Å². The Morgan fingerprint density at radius 1 is 1.00 bits per heavy atom. The summed E-state index contributed by atoms with van der Waals surface area (Å²) < 4.78 is 18.0. The minimum Gasteiger partial charge on any atom is -0.460 e. The van der Waals surface area contributed by atoms with Crippen LogP contribution in [0.2, 0.25) is 45.8 Å². The number of esters is 1. The Morgan fingerprint density at radius 2 is 1.45 bits per heavy atom. The Kier molecular flexibility index (Phi) is 6.62. The standard InChI is InChI=1S/C13H30O4Si3/c1-11(2)13(14)15-12(3)19(7,8)17-20(9,10)16-18(4,5)6/h12H,1H2,2-10H3. The van der Waals surface area contributed by atoms with E-state index in [0.717, 1.165) is 0 Å². The van der Waals surface area contributed by atoms with Gasteiger partial charge in [-0.05, 0) is 59.7 Å². The molecule has 0 aromatic heterocycles. The van der Waals surface area contributed by atoms with E-state index in [0.29, 0.717) is 5.57 Å². The molecular formula is C13H30O4Si3. The van der Waals surface area contributed by atoms with Crippen LogP contribution in [0.25, 0.3) is 0 Å². The highest BCUT2D eigenvalue weighted by molar-refractivity contribution is 6.87. The maximum Gasteiger partial charge on any atom is 0.333 e. The Hall–Kier alpha value is -0.219. The van der Waals surface area contributed by atoms with Crippen molar-refractivity contribution in [2.75, 3.05) is 0 Å². The predicted octanol–water partition coefficient (Wildman–Crippen LogP) is 3.81. The molecule has 0 spiro atoms. The molecule has 1 atom stereocenters. The average molecular weight is 335 g/mol. The van der Waals surface area contributed by atoms with Gasteiger partial charge in [-0.2, -0.15) is 0 Å². The quantitative estimate of drug-likeness (QED) is 0.403. The summed E-state index contributed by atoms with van der Waals surface area (Å²) in [5.41, 5.74) is 0.181. The second-order valence-corrected chi connectivity index (χ2v) is 19.8. The van der Waals surface area contributed by atoms with Crippen molar-refractivity contribution in [3.05, 3.63) is 12.2 Å². The van der Waals surface area contributed by atoms with E-state index < -0.39 is 25.2 Å². The third kappa shape index (κ3) is 7.53. The van der Waals surface area contributed by atoms with Gasteiger partial charge in [0, 0.05) is 5.57 Å². The van der Waals surface area contributed by atoms with Gasteiger partial charge in [0.15, 0.2) is 8.32 Å². The normalized spacial score (nSPS) is 14.8. The molecule has 118 valence electrons. The lowest BCUT2D eigenvalue weighted by atomic mass is 10.4. The summed E-state index contributed by atoms with van der Waals surface area (Å²) in [5.74, 6) is -0.354. The number of ether oxygens (including phenoxy) is 1. The van der Waals surface area contributed by atoms with Gasteiger partial charge >= 0.3 is 14.5 Å². The summed E-state index contributed by atoms with van der Waals surface area (Å²) in [6.07, 6.45) is 0. The Balaban J connectivity index is 4.79. The van der Waals surface area contributed by atoms with Gasteiger partial charge in [-0.25, -0.2) is 4.79 Å². The molecule has 0 saturated heterocycles. The molecule has 20 heavy (non-hydrogen) atoms. The maximum atomic E-state index is 11.6. The lowest BCUT2D eigenvalue weighted by molar-refractivity contribution is -0.140. The van der Waals surface area contributed by atoms with Crippen LogP contribution in [0.4, 0.5) is 0 Å². The number of rotatable bonds is 7. The fourth-order valence-electron chi connectivity index (χ4n) is 1.88. The highest BCUT2D eigenvalue weighted by atomic mass is 28.5. The van der Waals surface area contributed by atoms with E-state index >= 15 is 0 Å². The molecule has 0 aromatic rings. The molecule has 0 rings (SSSR count). The molecule has 0 aliphatic heterocycles. The molecule has 0 aromatic carbocycles. The van der Waals surface area contributed by atoms with Crippen molar-refractivity contribution in [1.82, 2.24) is 0 Å². The van der Waals surface area contributed by atoms with Crippen molar-refractivity contribution in [3.8, 4) is 0 Å². The van der Waals surface area contributed by atoms with Crippen molar-refractivity contribution in [2.45, 2.75) is 65.4 Å². The second kappa shape index (κ2) is 6.69. The zero-order valence-corrected chi connectivity index (χ0v) is 17.4. The van der Waals surface area contributed by atoms with Gasteiger partial charge in [-0.3, -0.25) is 0 Å². The van der Waals surface area contributed by atoms with E-state index in [1.807, 2.05) is 6.92 Å². The lowest BCUT2D eigenvalue weighted by Gasteiger charge is -2.39. The van der Waals surface area contributed by atoms with Crippen molar-refractivity contribution in [3.63, 3.8) is 0 Å². The zero-order valence-electron chi connectivity index (χ0n) is 14.4. The number of carbonyl (C=O) groups excluding carboxylic acids is 1. The first-order chi connectivity index (χ1) is 8.66. The summed E-state index contributed by atoms with van der Waals surface area (Å²) in [6, 6.07) is 0. The third-order valence-electron chi connectivity index (χ3n) is 2.67. The van der Waals surface area contributed by atoms with E-state index in [1.165, 1.54) is 0 Å².